The average Bonchev–Trinajstić information content (AvgIpc) is 1.62. The normalized spacial score (nSPS) is 15.7. The van der Waals surface area contributed by atoms with E-state index in [-0.39, 0.29) is 5.54 Å². The fourth-order valence-corrected chi connectivity index (χ4v) is 0.989. The second-order valence-corrected chi connectivity index (χ2v) is 3.94. The van der Waals surface area contributed by atoms with Gasteiger partial charge in [-0.25, -0.2) is 0 Å². The van der Waals surface area contributed by atoms with Crippen LogP contribution in [-0.2, 0) is 0 Å². The first-order chi connectivity index (χ1) is 3.95. The highest BCUT2D eigenvalue weighted by molar-refractivity contribution is 7.80. The van der Waals surface area contributed by atoms with E-state index in [9.17, 15) is 0 Å². The molecule has 0 aliphatic heterocycles. The molecule has 0 aromatic carbocycles. The van der Waals surface area contributed by atoms with Crippen molar-refractivity contribution in [1.82, 2.24) is 5.32 Å². The lowest BCUT2D eigenvalue weighted by molar-refractivity contribution is 0.411. The Hall–Kier alpha value is 0.310. The van der Waals surface area contributed by atoms with Gasteiger partial charge in [0.1, 0.15) is 0 Å². The lowest BCUT2D eigenvalue weighted by Gasteiger charge is -2.24. The zero-order chi connectivity index (χ0) is 7.49. The number of rotatable bonds is 2. The summed E-state index contributed by atoms with van der Waals surface area (Å²) in [5.41, 5.74) is 0.197. The van der Waals surface area contributed by atoms with E-state index in [1.165, 1.54) is 0 Å². The molecule has 0 fully saturated rings. The molecule has 0 aromatic heterocycles. The Kier molecular flexibility index (Phi) is 3.59. The molecular weight excluding hydrogens is 130 g/mol. The molecule has 0 rings (SSSR count). The van der Waals surface area contributed by atoms with E-state index in [0.29, 0.717) is 5.37 Å². The van der Waals surface area contributed by atoms with E-state index in [0.717, 1.165) is 6.42 Å². The molecule has 0 heterocycles. The van der Waals surface area contributed by atoms with Crippen molar-refractivity contribution in [3.05, 3.63) is 0 Å². The molecule has 9 heavy (non-hydrogen) atoms. The SMILES string of the molecule is CCC(S)NC(C)(C)C. The predicted molar refractivity (Wildman–Crippen MR) is 46.0 cm³/mol. The first-order valence-electron chi connectivity index (χ1n) is 3.41. The van der Waals surface area contributed by atoms with Gasteiger partial charge in [-0.05, 0) is 27.2 Å². The van der Waals surface area contributed by atoms with Crippen molar-refractivity contribution in [3.63, 3.8) is 0 Å². The average molecular weight is 147 g/mol. The molecule has 0 aliphatic carbocycles. The van der Waals surface area contributed by atoms with Gasteiger partial charge in [-0.2, -0.15) is 12.6 Å². The standard InChI is InChI=1S/C7H17NS/c1-5-6(9)8-7(2,3)4/h6,8-9H,5H2,1-4H3. The van der Waals surface area contributed by atoms with E-state index in [4.69, 9.17) is 0 Å². The summed E-state index contributed by atoms with van der Waals surface area (Å²) in [6.07, 6.45) is 1.07. The Morgan fingerprint density at radius 2 is 1.89 bits per heavy atom. The van der Waals surface area contributed by atoms with Crippen LogP contribution < -0.4 is 5.32 Å². The lowest BCUT2D eigenvalue weighted by Crippen LogP contribution is -2.40. The molecular formula is C7H17NS. The minimum Gasteiger partial charge on any atom is -0.301 e. The van der Waals surface area contributed by atoms with Crippen LogP contribution in [0.25, 0.3) is 0 Å². The van der Waals surface area contributed by atoms with Crippen molar-refractivity contribution < 1.29 is 0 Å². The molecule has 56 valence electrons. The van der Waals surface area contributed by atoms with Crippen LogP contribution in [0.4, 0.5) is 0 Å². The number of hydrogen-bond acceptors (Lipinski definition) is 2. The van der Waals surface area contributed by atoms with Crippen LogP contribution in [0, 0.1) is 0 Å². The van der Waals surface area contributed by atoms with Crippen LogP contribution in [-0.4, -0.2) is 10.9 Å². The monoisotopic (exact) mass is 147 g/mol. The van der Waals surface area contributed by atoms with Crippen LogP contribution in [0.5, 0.6) is 0 Å². The highest BCUT2D eigenvalue weighted by Gasteiger charge is 2.11. The number of thiol groups is 1. The summed E-state index contributed by atoms with van der Waals surface area (Å²) in [7, 11) is 0. The highest BCUT2D eigenvalue weighted by atomic mass is 32.1. The first-order valence-corrected chi connectivity index (χ1v) is 3.93. The van der Waals surface area contributed by atoms with Crippen molar-refractivity contribution in [1.29, 1.82) is 0 Å². The van der Waals surface area contributed by atoms with Gasteiger partial charge >= 0.3 is 0 Å². The summed E-state index contributed by atoms with van der Waals surface area (Å²) < 4.78 is 0. The van der Waals surface area contributed by atoms with Crippen LogP contribution >= 0.6 is 12.6 Å². The highest BCUT2D eigenvalue weighted by Crippen LogP contribution is 2.05. The first kappa shape index (κ1) is 9.31. The summed E-state index contributed by atoms with van der Waals surface area (Å²) in [6.45, 7) is 8.56. The molecule has 0 aromatic rings. The van der Waals surface area contributed by atoms with Crippen molar-refractivity contribution in [2.24, 2.45) is 0 Å². The zero-order valence-electron chi connectivity index (χ0n) is 6.73. The number of hydrogen-bond donors (Lipinski definition) is 2. The van der Waals surface area contributed by atoms with E-state index in [2.05, 4.69) is 45.6 Å². The van der Waals surface area contributed by atoms with Crippen LogP contribution in [0.15, 0.2) is 0 Å². The molecule has 0 saturated carbocycles. The van der Waals surface area contributed by atoms with Gasteiger partial charge in [0.2, 0.25) is 0 Å². The maximum Gasteiger partial charge on any atom is 0.0503 e. The summed E-state index contributed by atoms with van der Waals surface area (Å²) in [6, 6.07) is 0. The van der Waals surface area contributed by atoms with E-state index in [1.807, 2.05) is 0 Å². The second kappa shape index (κ2) is 3.47. The molecule has 2 heteroatoms. The molecule has 0 spiro atoms. The summed E-state index contributed by atoms with van der Waals surface area (Å²) in [5, 5.41) is 3.67. The Balaban J connectivity index is 3.47. The van der Waals surface area contributed by atoms with Crippen LogP contribution in [0.3, 0.4) is 0 Å². The Bertz CT molecular complexity index is 75.5. The zero-order valence-corrected chi connectivity index (χ0v) is 7.63. The molecule has 1 atom stereocenters. The molecule has 1 N–H and O–H groups in total. The molecule has 0 saturated heterocycles. The molecule has 0 aliphatic rings. The smallest absolute Gasteiger partial charge is 0.0503 e. The van der Waals surface area contributed by atoms with Crippen molar-refractivity contribution in [2.75, 3.05) is 0 Å². The van der Waals surface area contributed by atoms with E-state index in [1.54, 1.807) is 0 Å². The van der Waals surface area contributed by atoms with E-state index < -0.39 is 0 Å². The fraction of sp³-hybridized carbons (Fsp3) is 1.00. The quantitative estimate of drug-likeness (QED) is 0.450. The molecule has 0 amide bonds. The Morgan fingerprint density at radius 3 is 2.00 bits per heavy atom. The largest absolute Gasteiger partial charge is 0.301 e. The number of nitrogens with one attached hydrogen (secondary N) is 1. The van der Waals surface area contributed by atoms with Crippen molar-refractivity contribution in [3.8, 4) is 0 Å². The summed E-state index contributed by atoms with van der Waals surface area (Å²) in [4.78, 5) is 0. The molecule has 1 nitrogen and oxygen atoms in total. The molecule has 0 radical (unpaired) electrons. The third-order valence-electron chi connectivity index (χ3n) is 0.986. The summed E-state index contributed by atoms with van der Waals surface area (Å²) >= 11 is 4.31. The van der Waals surface area contributed by atoms with Gasteiger partial charge < -0.3 is 5.32 Å². The van der Waals surface area contributed by atoms with Gasteiger partial charge in [0.05, 0.1) is 5.37 Å². The minimum atomic E-state index is 0.197. The van der Waals surface area contributed by atoms with Gasteiger partial charge in [0.25, 0.3) is 0 Å². The van der Waals surface area contributed by atoms with Gasteiger partial charge in [0, 0.05) is 5.54 Å². The van der Waals surface area contributed by atoms with Crippen LogP contribution in [0.1, 0.15) is 34.1 Å². The van der Waals surface area contributed by atoms with Crippen LogP contribution in [0.2, 0.25) is 0 Å². The maximum atomic E-state index is 4.31. The van der Waals surface area contributed by atoms with Crippen molar-refractivity contribution >= 4 is 12.6 Å². The van der Waals surface area contributed by atoms with Crippen molar-refractivity contribution in [2.45, 2.75) is 45.0 Å². The fourth-order valence-electron chi connectivity index (χ4n) is 0.602. The molecule has 0 bridgehead atoms. The summed E-state index contributed by atoms with van der Waals surface area (Å²) in [5.74, 6) is 0. The second-order valence-electron chi connectivity index (χ2n) is 3.32. The maximum absolute atomic E-state index is 4.31. The topological polar surface area (TPSA) is 12.0 Å². The van der Waals surface area contributed by atoms with Gasteiger partial charge in [-0.15, -0.1) is 0 Å². The van der Waals surface area contributed by atoms with Gasteiger partial charge in [0.15, 0.2) is 0 Å². The van der Waals surface area contributed by atoms with Gasteiger partial charge in [-0.1, -0.05) is 6.92 Å². The Morgan fingerprint density at radius 1 is 1.44 bits per heavy atom. The Labute approximate surface area is 63.6 Å². The van der Waals surface area contributed by atoms with Gasteiger partial charge in [-0.3, -0.25) is 0 Å². The lowest BCUT2D eigenvalue weighted by atomic mass is 10.1. The third kappa shape index (κ3) is 6.19. The van der Waals surface area contributed by atoms with E-state index >= 15 is 0 Å². The third-order valence-corrected chi connectivity index (χ3v) is 1.48. The molecule has 1 unspecified atom stereocenters. The predicted octanol–water partition coefficient (Wildman–Crippen LogP) is 2.04. The minimum absolute atomic E-state index is 0.197.